The first kappa shape index (κ1) is 12.5. The normalized spacial score (nSPS) is 13.1. The molecule has 6 heteroatoms. The topological polar surface area (TPSA) is 73.8 Å². The van der Waals surface area contributed by atoms with Crippen molar-refractivity contribution < 1.29 is 4.92 Å². The molecule has 0 aliphatic rings. The van der Waals surface area contributed by atoms with Gasteiger partial charge in [-0.05, 0) is 24.5 Å². The van der Waals surface area contributed by atoms with Crippen LogP contribution in [0.15, 0.2) is 24.3 Å². The predicted octanol–water partition coefficient (Wildman–Crippen LogP) is 2.30. The minimum Gasteiger partial charge on any atom is -0.264 e. The first-order valence-electron chi connectivity index (χ1n) is 5.99. The summed E-state index contributed by atoms with van der Waals surface area (Å²) in [4.78, 5) is 10.5. The van der Waals surface area contributed by atoms with Crippen molar-refractivity contribution in [3.8, 4) is 0 Å². The SMILES string of the molecule is CC(C)C[C@H](C[N+](=O)[O-])n1nnc2ccccc21. The molecular weight excluding hydrogens is 232 g/mol. The highest BCUT2D eigenvalue weighted by Crippen LogP contribution is 2.21. The lowest BCUT2D eigenvalue weighted by Crippen LogP contribution is -2.21. The molecule has 1 aromatic carbocycles. The molecule has 1 heterocycles. The van der Waals surface area contributed by atoms with Crippen LogP contribution in [0.5, 0.6) is 0 Å². The molecule has 0 N–H and O–H groups in total. The van der Waals surface area contributed by atoms with Crippen molar-refractivity contribution >= 4 is 11.0 Å². The Morgan fingerprint density at radius 2 is 2.11 bits per heavy atom. The van der Waals surface area contributed by atoms with Crippen LogP contribution in [-0.2, 0) is 0 Å². The number of para-hydroxylation sites is 1. The van der Waals surface area contributed by atoms with E-state index in [9.17, 15) is 10.1 Å². The minimum atomic E-state index is -0.288. The van der Waals surface area contributed by atoms with Gasteiger partial charge in [0.25, 0.3) is 0 Å². The third-order valence-electron chi connectivity index (χ3n) is 2.83. The van der Waals surface area contributed by atoms with E-state index in [0.29, 0.717) is 12.3 Å². The van der Waals surface area contributed by atoms with Crippen molar-refractivity contribution in [2.75, 3.05) is 6.54 Å². The van der Waals surface area contributed by atoms with Gasteiger partial charge in [0.15, 0.2) is 0 Å². The molecule has 1 aromatic heterocycles. The molecule has 0 saturated heterocycles. The summed E-state index contributed by atoms with van der Waals surface area (Å²) in [5.41, 5.74) is 1.62. The molecule has 6 nitrogen and oxygen atoms in total. The van der Waals surface area contributed by atoms with Crippen LogP contribution in [0.1, 0.15) is 26.3 Å². The number of hydrogen-bond acceptors (Lipinski definition) is 4. The Kier molecular flexibility index (Phi) is 3.55. The smallest absolute Gasteiger partial charge is 0.226 e. The highest BCUT2D eigenvalue weighted by Gasteiger charge is 2.22. The largest absolute Gasteiger partial charge is 0.264 e. The van der Waals surface area contributed by atoms with Crippen LogP contribution >= 0.6 is 0 Å². The summed E-state index contributed by atoms with van der Waals surface area (Å²) in [7, 11) is 0. The number of benzene rings is 1. The van der Waals surface area contributed by atoms with E-state index in [-0.39, 0.29) is 17.5 Å². The zero-order chi connectivity index (χ0) is 13.1. The lowest BCUT2D eigenvalue weighted by molar-refractivity contribution is -0.486. The van der Waals surface area contributed by atoms with Gasteiger partial charge in [-0.1, -0.05) is 31.2 Å². The van der Waals surface area contributed by atoms with E-state index in [0.717, 1.165) is 11.0 Å². The van der Waals surface area contributed by atoms with Crippen molar-refractivity contribution in [1.29, 1.82) is 0 Å². The Hall–Kier alpha value is -1.98. The fraction of sp³-hybridized carbons (Fsp3) is 0.500. The van der Waals surface area contributed by atoms with Gasteiger partial charge in [-0.25, -0.2) is 4.68 Å². The van der Waals surface area contributed by atoms with Gasteiger partial charge in [0.05, 0.1) is 5.52 Å². The van der Waals surface area contributed by atoms with Crippen molar-refractivity contribution in [1.82, 2.24) is 15.0 Å². The Morgan fingerprint density at radius 3 is 2.78 bits per heavy atom. The summed E-state index contributed by atoms with van der Waals surface area (Å²) in [6.45, 7) is 3.98. The molecule has 2 rings (SSSR count). The van der Waals surface area contributed by atoms with Crippen LogP contribution in [0.3, 0.4) is 0 Å². The number of hydrogen-bond donors (Lipinski definition) is 0. The fourth-order valence-corrected chi connectivity index (χ4v) is 2.12. The summed E-state index contributed by atoms with van der Waals surface area (Å²) < 4.78 is 1.68. The molecule has 18 heavy (non-hydrogen) atoms. The Labute approximate surface area is 105 Å². The maximum absolute atomic E-state index is 10.8. The molecule has 96 valence electrons. The molecule has 2 aromatic rings. The fourth-order valence-electron chi connectivity index (χ4n) is 2.12. The van der Waals surface area contributed by atoms with Gasteiger partial charge in [-0.3, -0.25) is 10.1 Å². The summed E-state index contributed by atoms with van der Waals surface area (Å²) in [5.74, 6) is 0.373. The van der Waals surface area contributed by atoms with E-state index < -0.39 is 0 Å². The van der Waals surface area contributed by atoms with Crippen LogP contribution in [0.25, 0.3) is 11.0 Å². The van der Waals surface area contributed by atoms with Crippen LogP contribution in [0.2, 0.25) is 0 Å². The maximum Gasteiger partial charge on any atom is 0.226 e. The standard InChI is InChI=1S/C12H16N4O2/c1-9(2)7-10(8-15(17)18)16-12-6-4-3-5-11(12)13-14-16/h3-6,9-10H,7-8H2,1-2H3/t10-/m1/s1. The van der Waals surface area contributed by atoms with Gasteiger partial charge in [0, 0.05) is 4.92 Å². The van der Waals surface area contributed by atoms with E-state index in [1.165, 1.54) is 0 Å². The Balaban J connectivity index is 2.37. The van der Waals surface area contributed by atoms with E-state index >= 15 is 0 Å². The van der Waals surface area contributed by atoms with Gasteiger partial charge in [0.1, 0.15) is 11.6 Å². The van der Waals surface area contributed by atoms with Gasteiger partial charge in [0.2, 0.25) is 6.54 Å². The zero-order valence-electron chi connectivity index (χ0n) is 10.5. The monoisotopic (exact) mass is 248 g/mol. The van der Waals surface area contributed by atoms with Crippen LogP contribution in [-0.4, -0.2) is 26.5 Å². The average molecular weight is 248 g/mol. The Bertz CT molecular complexity index is 550. The second-order valence-corrected chi connectivity index (χ2v) is 4.82. The van der Waals surface area contributed by atoms with Crippen LogP contribution < -0.4 is 0 Å². The van der Waals surface area contributed by atoms with Gasteiger partial charge in [-0.2, -0.15) is 0 Å². The molecule has 0 unspecified atom stereocenters. The van der Waals surface area contributed by atoms with Crippen molar-refractivity contribution in [3.05, 3.63) is 34.4 Å². The Morgan fingerprint density at radius 1 is 1.39 bits per heavy atom. The molecule has 0 saturated carbocycles. The lowest BCUT2D eigenvalue weighted by atomic mass is 10.0. The van der Waals surface area contributed by atoms with E-state index in [2.05, 4.69) is 10.3 Å². The third kappa shape index (κ3) is 2.64. The molecule has 0 radical (unpaired) electrons. The highest BCUT2D eigenvalue weighted by molar-refractivity contribution is 5.73. The highest BCUT2D eigenvalue weighted by atomic mass is 16.6. The summed E-state index contributed by atoms with van der Waals surface area (Å²) in [6, 6.07) is 7.28. The van der Waals surface area contributed by atoms with Crippen molar-refractivity contribution in [2.24, 2.45) is 5.92 Å². The number of rotatable bonds is 5. The first-order valence-corrected chi connectivity index (χ1v) is 5.99. The second-order valence-electron chi connectivity index (χ2n) is 4.82. The van der Waals surface area contributed by atoms with E-state index in [1.54, 1.807) is 4.68 Å². The molecule has 0 amide bonds. The van der Waals surface area contributed by atoms with E-state index in [4.69, 9.17) is 0 Å². The second kappa shape index (κ2) is 5.12. The predicted molar refractivity (Wildman–Crippen MR) is 67.9 cm³/mol. The molecular formula is C12H16N4O2. The van der Waals surface area contributed by atoms with Crippen LogP contribution in [0, 0.1) is 16.0 Å². The molecule has 0 fully saturated rings. The van der Waals surface area contributed by atoms with Crippen LogP contribution in [0.4, 0.5) is 0 Å². The minimum absolute atomic E-state index is 0.120. The maximum atomic E-state index is 10.8. The van der Waals surface area contributed by atoms with Crippen molar-refractivity contribution in [3.63, 3.8) is 0 Å². The lowest BCUT2D eigenvalue weighted by Gasteiger charge is -2.15. The number of nitrogens with zero attached hydrogens (tertiary/aromatic N) is 4. The summed E-state index contributed by atoms with van der Waals surface area (Å²) >= 11 is 0. The quantitative estimate of drug-likeness (QED) is 0.601. The zero-order valence-corrected chi connectivity index (χ0v) is 10.5. The van der Waals surface area contributed by atoms with Gasteiger partial charge >= 0.3 is 0 Å². The van der Waals surface area contributed by atoms with Gasteiger partial charge in [-0.15, -0.1) is 5.10 Å². The number of nitro groups is 1. The third-order valence-corrected chi connectivity index (χ3v) is 2.83. The average Bonchev–Trinajstić information content (AvgIpc) is 2.70. The van der Waals surface area contributed by atoms with Gasteiger partial charge < -0.3 is 0 Å². The molecule has 0 bridgehead atoms. The van der Waals surface area contributed by atoms with E-state index in [1.807, 2.05) is 38.1 Å². The molecule has 0 spiro atoms. The van der Waals surface area contributed by atoms with Crippen molar-refractivity contribution in [2.45, 2.75) is 26.3 Å². The summed E-state index contributed by atoms with van der Waals surface area (Å²) in [6.07, 6.45) is 0.717. The molecule has 0 aliphatic carbocycles. The number of aromatic nitrogens is 3. The molecule has 0 aliphatic heterocycles. The first-order chi connectivity index (χ1) is 8.58. The molecule has 1 atom stereocenters. The summed E-state index contributed by atoms with van der Waals surface area (Å²) in [5, 5.41) is 18.9. The number of fused-ring (bicyclic) bond motifs is 1.